The lowest BCUT2D eigenvalue weighted by atomic mass is 9.45. The Labute approximate surface area is 277 Å². The summed E-state index contributed by atoms with van der Waals surface area (Å²) in [6.45, 7) is 33.0. The van der Waals surface area contributed by atoms with Crippen molar-refractivity contribution in [2.75, 3.05) is 20.3 Å². The standard InChI is InChI=1S/C38H72O7/c1-18-31(5,6)25-37(15,30(43)45-23-22-39)38(16,21-4)33(9,10)24-27(28(40)41)34(11,12)35(13,20-3)26-36(14,29(42)44-17)32(7,8)19-2/h27,39H,18-26H2,1-17H3,(H,40,41). The molecule has 0 bridgehead atoms. The van der Waals surface area contributed by atoms with Gasteiger partial charge in [-0.15, -0.1) is 0 Å². The number of aliphatic carboxylic acids is 1. The number of aliphatic hydroxyl groups is 1. The van der Waals surface area contributed by atoms with Crippen LogP contribution >= 0.6 is 0 Å². The van der Waals surface area contributed by atoms with Crippen molar-refractivity contribution >= 4 is 17.9 Å². The molecule has 0 aliphatic rings. The predicted molar refractivity (Wildman–Crippen MR) is 184 cm³/mol. The molecule has 0 rings (SSSR count). The third kappa shape index (κ3) is 8.27. The number of carbonyl (C=O) groups is 3. The van der Waals surface area contributed by atoms with E-state index in [9.17, 15) is 24.6 Å². The molecule has 0 saturated heterocycles. The van der Waals surface area contributed by atoms with E-state index >= 15 is 0 Å². The van der Waals surface area contributed by atoms with Crippen LogP contribution in [0.5, 0.6) is 0 Å². The van der Waals surface area contributed by atoms with Crippen molar-refractivity contribution in [2.24, 2.45) is 49.2 Å². The monoisotopic (exact) mass is 641 g/mol. The number of carbonyl (C=O) groups excluding carboxylic acids is 2. The summed E-state index contributed by atoms with van der Waals surface area (Å²) in [5.74, 6) is -2.27. The van der Waals surface area contributed by atoms with Crippen molar-refractivity contribution in [3.05, 3.63) is 0 Å². The summed E-state index contributed by atoms with van der Waals surface area (Å²) in [5.41, 5.74) is -4.90. The van der Waals surface area contributed by atoms with Gasteiger partial charge >= 0.3 is 17.9 Å². The molecule has 0 heterocycles. The Hall–Kier alpha value is -1.63. The second kappa shape index (κ2) is 15.1. The molecular formula is C38H72O7. The Morgan fingerprint density at radius 1 is 0.667 bits per heavy atom. The molecule has 0 saturated carbocycles. The van der Waals surface area contributed by atoms with E-state index < -0.39 is 44.4 Å². The first-order valence-electron chi connectivity index (χ1n) is 17.3. The maximum Gasteiger partial charge on any atom is 0.312 e. The zero-order valence-corrected chi connectivity index (χ0v) is 32.4. The first kappa shape index (κ1) is 43.4. The van der Waals surface area contributed by atoms with Crippen molar-refractivity contribution in [2.45, 2.75) is 156 Å². The lowest BCUT2D eigenvalue weighted by Gasteiger charge is -2.58. The van der Waals surface area contributed by atoms with Crippen molar-refractivity contribution < 1.29 is 34.1 Å². The molecule has 5 unspecified atom stereocenters. The number of methoxy groups -OCH3 is 1. The van der Waals surface area contributed by atoms with Gasteiger partial charge in [0.05, 0.1) is 30.5 Å². The SMILES string of the molecule is CCC(C)(C)CC(C)(C(=O)OCCO)C(C)(CC)C(C)(C)CC(C(=O)O)C(C)(C)C(C)(CC)CC(C)(C(=O)OC)C(C)(C)CC. The molecule has 45 heavy (non-hydrogen) atoms. The number of hydrogen-bond acceptors (Lipinski definition) is 6. The van der Waals surface area contributed by atoms with Gasteiger partial charge in [-0.1, -0.05) is 110 Å². The van der Waals surface area contributed by atoms with Crippen LogP contribution in [0.2, 0.25) is 0 Å². The molecule has 0 aromatic rings. The average molecular weight is 641 g/mol. The van der Waals surface area contributed by atoms with E-state index in [4.69, 9.17) is 9.47 Å². The highest BCUT2D eigenvalue weighted by Crippen LogP contribution is 2.64. The van der Waals surface area contributed by atoms with Crippen molar-refractivity contribution in [1.29, 1.82) is 0 Å². The van der Waals surface area contributed by atoms with Crippen LogP contribution in [-0.2, 0) is 23.9 Å². The summed E-state index contributed by atoms with van der Waals surface area (Å²) < 4.78 is 11.0. The van der Waals surface area contributed by atoms with Crippen LogP contribution in [0.15, 0.2) is 0 Å². The number of hydrogen-bond donors (Lipinski definition) is 2. The first-order valence-corrected chi connectivity index (χ1v) is 17.3. The zero-order chi connectivity index (χ0) is 36.1. The number of carboxylic acid groups (broad SMARTS) is 1. The van der Waals surface area contributed by atoms with E-state index in [1.807, 2.05) is 27.7 Å². The van der Waals surface area contributed by atoms with Crippen molar-refractivity contribution in [1.82, 2.24) is 0 Å². The molecule has 0 radical (unpaired) electrons. The molecule has 0 amide bonds. The summed E-state index contributed by atoms with van der Waals surface area (Å²) >= 11 is 0. The fraction of sp³-hybridized carbons (Fsp3) is 0.921. The number of aliphatic hydroxyl groups excluding tert-OH is 1. The average Bonchev–Trinajstić information content (AvgIpc) is 2.96. The lowest BCUT2D eigenvalue weighted by molar-refractivity contribution is -0.183. The molecule has 0 aromatic carbocycles. The smallest absolute Gasteiger partial charge is 0.312 e. The summed E-state index contributed by atoms with van der Waals surface area (Å²) in [4.78, 5) is 40.8. The normalized spacial score (nSPS) is 19.3. The van der Waals surface area contributed by atoms with Crippen LogP contribution in [0.25, 0.3) is 0 Å². The van der Waals surface area contributed by atoms with Crippen LogP contribution in [0.3, 0.4) is 0 Å². The Balaban J connectivity index is 7.30. The maximum absolute atomic E-state index is 14.0. The third-order valence-electron chi connectivity index (χ3n) is 14.0. The van der Waals surface area contributed by atoms with Gasteiger partial charge in [-0.2, -0.15) is 0 Å². The second-order valence-electron chi connectivity index (χ2n) is 17.4. The molecule has 7 nitrogen and oxygen atoms in total. The van der Waals surface area contributed by atoms with Gasteiger partial charge in [-0.05, 0) is 78.4 Å². The van der Waals surface area contributed by atoms with Gasteiger partial charge in [0.2, 0.25) is 0 Å². The number of carboxylic acids is 1. The Morgan fingerprint density at radius 3 is 1.53 bits per heavy atom. The highest BCUT2D eigenvalue weighted by molar-refractivity contribution is 5.78. The number of rotatable bonds is 20. The van der Waals surface area contributed by atoms with Gasteiger partial charge in [0.1, 0.15) is 6.61 Å². The Kier molecular flexibility index (Phi) is 14.5. The van der Waals surface area contributed by atoms with E-state index in [0.29, 0.717) is 32.1 Å². The van der Waals surface area contributed by atoms with Crippen LogP contribution in [-0.4, -0.2) is 48.4 Å². The second-order valence-corrected chi connectivity index (χ2v) is 17.4. The number of ether oxygens (including phenoxy) is 2. The topological polar surface area (TPSA) is 110 Å². The minimum atomic E-state index is -0.949. The van der Waals surface area contributed by atoms with E-state index in [2.05, 4.69) is 83.1 Å². The maximum atomic E-state index is 14.0. The van der Waals surface area contributed by atoms with Crippen molar-refractivity contribution in [3.63, 3.8) is 0 Å². The van der Waals surface area contributed by atoms with Gasteiger partial charge in [0.25, 0.3) is 0 Å². The zero-order valence-electron chi connectivity index (χ0n) is 32.4. The minimum Gasteiger partial charge on any atom is -0.481 e. The first-order chi connectivity index (χ1) is 20.2. The quantitative estimate of drug-likeness (QED) is 0.128. The van der Waals surface area contributed by atoms with Crippen LogP contribution < -0.4 is 0 Å². The summed E-state index contributed by atoms with van der Waals surface area (Å²) in [7, 11) is 1.43. The lowest BCUT2D eigenvalue weighted by Crippen LogP contribution is -2.57. The number of esters is 2. The molecule has 0 spiro atoms. The van der Waals surface area contributed by atoms with E-state index in [0.717, 1.165) is 12.8 Å². The summed E-state index contributed by atoms with van der Waals surface area (Å²) in [5, 5.41) is 20.4. The molecule has 0 aromatic heterocycles. The highest BCUT2D eigenvalue weighted by atomic mass is 16.5. The minimum absolute atomic E-state index is 0.0755. The Bertz CT molecular complexity index is 1010. The predicted octanol–water partition coefficient (Wildman–Crippen LogP) is 9.34. The van der Waals surface area contributed by atoms with Crippen LogP contribution in [0.1, 0.15) is 156 Å². The summed E-state index contributed by atoms with van der Waals surface area (Å²) in [6.07, 6.45) is 4.31. The van der Waals surface area contributed by atoms with Gasteiger partial charge in [0.15, 0.2) is 0 Å². The van der Waals surface area contributed by atoms with Crippen LogP contribution in [0, 0.1) is 49.2 Å². The van der Waals surface area contributed by atoms with E-state index in [1.165, 1.54) is 7.11 Å². The fourth-order valence-electron chi connectivity index (χ4n) is 8.09. The largest absolute Gasteiger partial charge is 0.481 e. The van der Waals surface area contributed by atoms with E-state index in [-0.39, 0.29) is 36.0 Å². The van der Waals surface area contributed by atoms with Gasteiger partial charge in [-0.3, -0.25) is 14.4 Å². The van der Waals surface area contributed by atoms with Gasteiger partial charge in [0, 0.05) is 0 Å². The molecule has 5 atom stereocenters. The molecule has 7 heteroatoms. The highest BCUT2D eigenvalue weighted by Gasteiger charge is 2.62. The molecule has 0 aliphatic carbocycles. The third-order valence-corrected chi connectivity index (χ3v) is 14.0. The molecule has 0 fully saturated rings. The summed E-state index contributed by atoms with van der Waals surface area (Å²) in [6, 6.07) is 0. The molecule has 266 valence electrons. The molecular weight excluding hydrogens is 568 g/mol. The molecule has 0 aliphatic heterocycles. The van der Waals surface area contributed by atoms with Gasteiger partial charge < -0.3 is 19.7 Å². The fourth-order valence-corrected chi connectivity index (χ4v) is 8.09. The molecule has 2 N–H and O–H groups in total. The van der Waals surface area contributed by atoms with Gasteiger partial charge in [-0.25, -0.2) is 0 Å². The van der Waals surface area contributed by atoms with E-state index in [1.54, 1.807) is 0 Å². The Morgan fingerprint density at radius 2 is 1.18 bits per heavy atom. The van der Waals surface area contributed by atoms with Crippen LogP contribution in [0.4, 0.5) is 0 Å². The van der Waals surface area contributed by atoms with Crippen molar-refractivity contribution in [3.8, 4) is 0 Å².